The number of amides is 1. The summed E-state index contributed by atoms with van der Waals surface area (Å²) in [5.41, 5.74) is 0. The molecule has 1 amide bonds. The third kappa shape index (κ3) is 59.8. The van der Waals surface area contributed by atoms with E-state index in [9.17, 15) is 19.8 Å². The molecule has 0 saturated heterocycles. The molecule has 0 radical (unpaired) electrons. The van der Waals surface area contributed by atoms with Gasteiger partial charge in [-0.25, -0.2) is 0 Å². The summed E-state index contributed by atoms with van der Waals surface area (Å²) in [6.45, 7) is 4.94. The van der Waals surface area contributed by atoms with Gasteiger partial charge in [0.1, 0.15) is 0 Å². The van der Waals surface area contributed by atoms with Gasteiger partial charge in [0.2, 0.25) is 5.91 Å². The molecule has 0 aliphatic heterocycles. The Morgan fingerprint density at radius 2 is 0.622 bits per heavy atom. The Hall–Kier alpha value is -1.40. The van der Waals surface area contributed by atoms with Crippen LogP contribution >= 0.6 is 0 Å². The number of hydrogen-bond acceptors (Lipinski definition) is 5. The maximum Gasteiger partial charge on any atom is 0.305 e. The van der Waals surface area contributed by atoms with Gasteiger partial charge in [-0.05, 0) is 32.1 Å². The minimum Gasteiger partial charge on any atom is -0.466 e. The van der Waals surface area contributed by atoms with Crippen molar-refractivity contribution in [3.8, 4) is 0 Å². The van der Waals surface area contributed by atoms with Gasteiger partial charge < -0.3 is 20.3 Å². The Labute approximate surface area is 463 Å². The SMILES string of the molecule is CCCCCCCCCCCCCCCCCCCC/C=C/C(O)C(CO)NC(=O)CCCCCCCCCCCCCCCCCCCCOC(=O)CCCCCCCCCCCCCCCCCCCCC. The summed E-state index contributed by atoms with van der Waals surface area (Å²) in [5.74, 6) is -0.0552. The van der Waals surface area contributed by atoms with Gasteiger partial charge in [0, 0.05) is 12.8 Å². The van der Waals surface area contributed by atoms with E-state index in [1.54, 1.807) is 6.08 Å². The molecule has 6 nitrogen and oxygen atoms in total. The number of esters is 1. The maximum absolute atomic E-state index is 12.5. The first-order valence-electron chi connectivity index (χ1n) is 34.0. The number of aliphatic hydroxyl groups excluding tert-OH is 2. The summed E-state index contributed by atoms with van der Waals surface area (Å²) in [5, 5.41) is 23.2. The van der Waals surface area contributed by atoms with Crippen molar-refractivity contribution in [2.45, 2.75) is 398 Å². The zero-order valence-corrected chi connectivity index (χ0v) is 50.4. The average Bonchev–Trinajstić information content (AvgIpc) is 3.40. The van der Waals surface area contributed by atoms with E-state index in [-0.39, 0.29) is 18.5 Å². The van der Waals surface area contributed by atoms with Crippen LogP contribution in [0.1, 0.15) is 386 Å². The van der Waals surface area contributed by atoms with Crippen LogP contribution in [0.25, 0.3) is 0 Å². The first-order chi connectivity index (χ1) is 36.5. The molecule has 0 saturated carbocycles. The van der Waals surface area contributed by atoms with Gasteiger partial charge in [-0.3, -0.25) is 9.59 Å². The fourth-order valence-electron chi connectivity index (χ4n) is 10.9. The predicted octanol–water partition coefficient (Wildman–Crippen LogP) is 21.6. The standard InChI is InChI=1S/C68H133NO5/c1-3-5-7-9-11-13-15-17-19-21-23-25-28-32-36-40-44-48-52-56-60-66(71)65(64-70)69-67(72)61-57-53-49-45-41-37-33-29-26-27-31-35-39-43-47-51-55-59-63-74-68(73)62-58-54-50-46-42-38-34-30-24-22-20-18-16-14-12-10-8-6-4-2/h56,60,65-66,70-71H,3-55,57-59,61-64H2,1-2H3,(H,69,72)/b60-56+. The molecule has 2 unspecified atom stereocenters. The largest absolute Gasteiger partial charge is 0.466 e. The number of hydrogen-bond donors (Lipinski definition) is 3. The molecule has 74 heavy (non-hydrogen) atoms. The van der Waals surface area contributed by atoms with Crippen LogP contribution in [0.15, 0.2) is 12.2 Å². The molecule has 0 bridgehead atoms. The van der Waals surface area contributed by atoms with Gasteiger partial charge in [0.25, 0.3) is 0 Å². The highest BCUT2D eigenvalue weighted by molar-refractivity contribution is 5.76. The third-order valence-corrected chi connectivity index (χ3v) is 16.1. The first-order valence-corrected chi connectivity index (χ1v) is 34.0. The lowest BCUT2D eigenvalue weighted by molar-refractivity contribution is -0.143. The second-order valence-corrected chi connectivity index (χ2v) is 23.5. The molecule has 0 rings (SSSR count). The molecule has 440 valence electrons. The minimum absolute atomic E-state index is 0.0125. The smallest absolute Gasteiger partial charge is 0.305 e. The molecule has 0 heterocycles. The molecule has 0 aromatic carbocycles. The topological polar surface area (TPSA) is 95.9 Å². The molecule has 2 atom stereocenters. The monoisotopic (exact) mass is 1040 g/mol. The van der Waals surface area contributed by atoms with E-state index in [1.807, 2.05) is 6.08 Å². The van der Waals surface area contributed by atoms with Crippen molar-refractivity contribution in [2.24, 2.45) is 0 Å². The van der Waals surface area contributed by atoms with E-state index in [0.717, 1.165) is 38.5 Å². The summed E-state index contributed by atoms with van der Waals surface area (Å²) >= 11 is 0. The van der Waals surface area contributed by atoms with E-state index in [1.165, 1.54) is 321 Å². The van der Waals surface area contributed by atoms with E-state index in [2.05, 4.69) is 19.2 Å². The predicted molar refractivity (Wildman–Crippen MR) is 324 cm³/mol. The van der Waals surface area contributed by atoms with Crippen molar-refractivity contribution in [1.82, 2.24) is 5.32 Å². The molecule has 0 aliphatic carbocycles. The lowest BCUT2D eigenvalue weighted by Crippen LogP contribution is -2.45. The fraction of sp³-hybridized carbons (Fsp3) is 0.941. The molecule has 0 spiro atoms. The van der Waals surface area contributed by atoms with Crippen LogP contribution in [-0.2, 0) is 14.3 Å². The Kier molecular flexibility index (Phi) is 62.9. The van der Waals surface area contributed by atoms with Crippen LogP contribution in [0.4, 0.5) is 0 Å². The van der Waals surface area contributed by atoms with Gasteiger partial charge in [-0.15, -0.1) is 0 Å². The third-order valence-electron chi connectivity index (χ3n) is 16.1. The lowest BCUT2D eigenvalue weighted by Gasteiger charge is -2.20. The van der Waals surface area contributed by atoms with Crippen LogP contribution in [0.3, 0.4) is 0 Å². The van der Waals surface area contributed by atoms with Gasteiger partial charge in [-0.2, -0.15) is 0 Å². The summed E-state index contributed by atoms with van der Waals surface area (Å²) in [6.07, 6.45) is 78.4. The second-order valence-electron chi connectivity index (χ2n) is 23.5. The summed E-state index contributed by atoms with van der Waals surface area (Å²) in [6, 6.07) is -0.631. The maximum atomic E-state index is 12.5. The normalized spacial score (nSPS) is 12.5. The molecule has 3 N–H and O–H groups in total. The van der Waals surface area contributed by atoms with Crippen molar-refractivity contribution >= 4 is 11.9 Å². The van der Waals surface area contributed by atoms with Gasteiger partial charge >= 0.3 is 5.97 Å². The van der Waals surface area contributed by atoms with Crippen LogP contribution < -0.4 is 5.32 Å². The molecular formula is C68H133NO5. The molecule has 0 fully saturated rings. The van der Waals surface area contributed by atoms with E-state index >= 15 is 0 Å². The zero-order valence-electron chi connectivity index (χ0n) is 50.4. The Morgan fingerprint density at radius 1 is 0.365 bits per heavy atom. The van der Waals surface area contributed by atoms with E-state index in [0.29, 0.717) is 19.4 Å². The highest BCUT2D eigenvalue weighted by Crippen LogP contribution is 2.19. The van der Waals surface area contributed by atoms with Crippen LogP contribution in [0.5, 0.6) is 0 Å². The van der Waals surface area contributed by atoms with Crippen molar-refractivity contribution in [1.29, 1.82) is 0 Å². The summed E-state index contributed by atoms with van der Waals surface area (Å²) in [4.78, 5) is 24.6. The van der Waals surface area contributed by atoms with Gasteiger partial charge in [-0.1, -0.05) is 353 Å². The first kappa shape index (κ1) is 72.6. The quantitative estimate of drug-likeness (QED) is 0.0320. The highest BCUT2D eigenvalue weighted by Gasteiger charge is 2.18. The highest BCUT2D eigenvalue weighted by atomic mass is 16.5. The number of carbonyl (C=O) groups excluding carboxylic acids is 2. The number of ether oxygens (including phenoxy) is 1. The summed E-state index contributed by atoms with van der Waals surface area (Å²) < 4.78 is 5.51. The average molecular weight is 1040 g/mol. The lowest BCUT2D eigenvalue weighted by atomic mass is 10.0. The Balaban J connectivity index is 3.40. The number of allylic oxidation sites excluding steroid dienone is 1. The van der Waals surface area contributed by atoms with Crippen LogP contribution in [0.2, 0.25) is 0 Å². The van der Waals surface area contributed by atoms with Crippen molar-refractivity contribution < 1.29 is 24.5 Å². The Morgan fingerprint density at radius 3 is 0.919 bits per heavy atom. The molecule has 0 aliphatic rings. The molecule has 0 aromatic rings. The van der Waals surface area contributed by atoms with E-state index in [4.69, 9.17) is 4.74 Å². The molecule has 0 aromatic heterocycles. The number of rotatable bonds is 64. The van der Waals surface area contributed by atoms with Crippen molar-refractivity contribution in [3.63, 3.8) is 0 Å². The minimum atomic E-state index is -0.847. The number of aliphatic hydroxyl groups is 2. The number of carbonyl (C=O) groups is 2. The van der Waals surface area contributed by atoms with Gasteiger partial charge in [0.15, 0.2) is 0 Å². The number of unbranched alkanes of at least 4 members (excludes halogenated alkanes) is 53. The number of nitrogens with one attached hydrogen (secondary N) is 1. The molecule has 6 heteroatoms. The van der Waals surface area contributed by atoms with Crippen LogP contribution in [0, 0.1) is 0 Å². The van der Waals surface area contributed by atoms with Crippen molar-refractivity contribution in [3.05, 3.63) is 12.2 Å². The van der Waals surface area contributed by atoms with Crippen LogP contribution in [-0.4, -0.2) is 47.4 Å². The van der Waals surface area contributed by atoms with Crippen molar-refractivity contribution in [2.75, 3.05) is 13.2 Å². The zero-order chi connectivity index (χ0) is 53.6. The second kappa shape index (κ2) is 64.1. The summed E-state index contributed by atoms with van der Waals surface area (Å²) in [7, 11) is 0. The van der Waals surface area contributed by atoms with Gasteiger partial charge in [0.05, 0.1) is 25.4 Å². The molecular weight excluding hydrogens is 911 g/mol. The van der Waals surface area contributed by atoms with E-state index < -0.39 is 12.1 Å². The fourth-order valence-corrected chi connectivity index (χ4v) is 10.9. The Bertz CT molecular complexity index is 1110.